The third kappa shape index (κ3) is 3.44. The van der Waals surface area contributed by atoms with Gasteiger partial charge in [-0.25, -0.2) is 9.97 Å². The van der Waals surface area contributed by atoms with Crippen molar-refractivity contribution in [2.24, 2.45) is 0 Å². The van der Waals surface area contributed by atoms with Crippen molar-refractivity contribution in [3.8, 4) is 0 Å². The van der Waals surface area contributed by atoms with Crippen molar-refractivity contribution in [1.29, 1.82) is 0 Å². The number of nitrogens with zero attached hydrogens (tertiary/aromatic N) is 3. The molecule has 18 heavy (non-hydrogen) atoms. The van der Waals surface area contributed by atoms with Gasteiger partial charge >= 0.3 is 0 Å². The predicted molar refractivity (Wildman–Crippen MR) is 79.1 cm³/mol. The second-order valence-corrected chi connectivity index (χ2v) is 6.84. The molecule has 4 heteroatoms. The molecule has 0 amide bonds. The minimum absolute atomic E-state index is 0.00954. The zero-order valence-corrected chi connectivity index (χ0v) is 13.1. The Morgan fingerprint density at radius 2 is 1.67 bits per heavy atom. The fraction of sp³-hybridized carbons (Fsp3) is 0.714. The van der Waals surface area contributed by atoms with Crippen LogP contribution in [0.25, 0.3) is 0 Å². The van der Waals surface area contributed by atoms with Crippen LogP contribution in [-0.2, 0) is 5.41 Å². The molecule has 1 aliphatic rings. The number of hydrogen-bond donors (Lipinski definition) is 0. The van der Waals surface area contributed by atoms with Gasteiger partial charge in [-0.3, -0.25) is 0 Å². The summed E-state index contributed by atoms with van der Waals surface area (Å²) in [4.78, 5) is 11.7. The lowest BCUT2D eigenvalue weighted by Crippen LogP contribution is -2.27. The maximum Gasteiger partial charge on any atom is 0.137 e. The molecule has 1 fully saturated rings. The second-order valence-electron chi connectivity index (χ2n) is 6.02. The van der Waals surface area contributed by atoms with E-state index in [2.05, 4.69) is 46.6 Å². The Kier molecular flexibility index (Phi) is 4.25. The molecule has 0 atom stereocenters. The average molecular weight is 312 g/mol. The SMILES string of the molecule is CC(C)(C)c1nc(Br)cc(N2CCCCCC2)n1. The second kappa shape index (κ2) is 5.55. The normalized spacial score (nSPS) is 17.7. The average Bonchev–Trinajstić information content (AvgIpc) is 2.55. The number of aromatic nitrogens is 2. The summed E-state index contributed by atoms with van der Waals surface area (Å²) in [7, 11) is 0. The van der Waals surface area contributed by atoms with E-state index < -0.39 is 0 Å². The van der Waals surface area contributed by atoms with Gasteiger partial charge in [-0.1, -0.05) is 33.6 Å². The molecular formula is C14H22BrN3. The van der Waals surface area contributed by atoms with Crippen molar-refractivity contribution in [2.75, 3.05) is 18.0 Å². The van der Waals surface area contributed by atoms with Crippen LogP contribution in [0, 0.1) is 0 Å². The van der Waals surface area contributed by atoms with E-state index in [1.807, 2.05) is 6.07 Å². The molecule has 0 spiro atoms. The van der Waals surface area contributed by atoms with E-state index >= 15 is 0 Å². The van der Waals surface area contributed by atoms with Crippen molar-refractivity contribution < 1.29 is 0 Å². The number of halogens is 1. The van der Waals surface area contributed by atoms with Crippen LogP contribution in [0.3, 0.4) is 0 Å². The van der Waals surface area contributed by atoms with E-state index in [0.29, 0.717) is 0 Å². The van der Waals surface area contributed by atoms with Crippen molar-refractivity contribution in [1.82, 2.24) is 9.97 Å². The van der Waals surface area contributed by atoms with Crippen molar-refractivity contribution in [3.05, 3.63) is 16.5 Å². The molecule has 0 unspecified atom stereocenters. The largest absolute Gasteiger partial charge is 0.356 e. The fourth-order valence-electron chi connectivity index (χ4n) is 2.20. The van der Waals surface area contributed by atoms with Gasteiger partial charge in [-0.05, 0) is 28.8 Å². The maximum atomic E-state index is 4.76. The van der Waals surface area contributed by atoms with E-state index in [4.69, 9.17) is 4.98 Å². The number of anilines is 1. The monoisotopic (exact) mass is 311 g/mol. The quantitative estimate of drug-likeness (QED) is 0.736. The molecule has 0 saturated carbocycles. The van der Waals surface area contributed by atoms with Gasteiger partial charge in [-0.15, -0.1) is 0 Å². The summed E-state index contributed by atoms with van der Waals surface area (Å²) in [6, 6.07) is 2.04. The molecule has 0 radical (unpaired) electrons. The first-order chi connectivity index (χ1) is 8.47. The van der Waals surface area contributed by atoms with E-state index in [-0.39, 0.29) is 5.41 Å². The lowest BCUT2D eigenvalue weighted by Gasteiger charge is -2.24. The van der Waals surface area contributed by atoms with Crippen molar-refractivity contribution in [3.63, 3.8) is 0 Å². The highest BCUT2D eigenvalue weighted by Gasteiger charge is 2.20. The van der Waals surface area contributed by atoms with Crippen LogP contribution >= 0.6 is 15.9 Å². The summed E-state index contributed by atoms with van der Waals surface area (Å²) in [6.45, 7) is 8.70. The Labute approximate surface area is 118 Å². The number of rotatable bonds is 1. The van der Waals surface area contributed by atoms with Gasteiger partial charge in [0.25, 0.3) is 0 Å². The highest BCUT2D eigenvalue weighted by molar-refractivity contribution is 9.10. The summed E-state index contributed by atoms with van der Waals surface area (Å²) in [6.07, 6.45) is 5.22. The summed E-state index contributed by atoms with van der Waals surface area (Å²) in [5, 5.41) is 0. The van der Waals surface area contributed by atoms with Gasteiger partial charge in [0, 0.05) is 24.6 Å². The third-order valence-corrected chi connectivity index (χ3v) is 3.69. The van der Waals surface area contributed by atoms with Gasteiger partial charge in [0.15, 0.2) is 0 Å². The smallest absolute Gasteiger partial charge is 0.137 e. The predicted octanol–water partition coefficient (Wildman–Crippen LogP) is 3.92. The maximum absolute atomic E-state index is 4.76. The minimum atomic E-state index is -0.00954. The molecule has 1 saturated heterocycles. The van der Waals surface area contributed by atoms with E-state index in [9.17, 15) is 0 Å². The van der Waals surface area contributed by atoms with Crippen LogP contribution in [-0.4, -0.2) is 23.1 Å². The molecule has 1 aromatic heterocycles. The lowest BCUT2D eigenvalue weighted by molar-refractivity contribution is 0.542. The Balaban J connectivity index is 2.29. The first kappa shape index (κ1) is 13.8. The standard InChI is InChI=1S/C14H22BrN3/c1-14(2,3)13-16-11(15)10-12(17-13)18-8-6-4-5-7-9-18/h10H,4-9H2,1-3H3. The van der Waals surface area contributed by atoms with Gasteiger partial charge in [-0.2, -0.15) is 0 Å². The van der Waals surface area contributed by atoms with Crippen LogP contribution in [0.5, 0.6) is 0 Å². The van der Waals surface area contributed by atoms with Gasteiger partial charge in [0.1, 0.15) is 16.2 Å². The van der Waals surface area contributed by atoms with Crippen LogP contribution in [0.4, 0.5) is 5.82 Å². The zero-order chi connectivity index (χ0) is 13.2. The minimum Gasteiger partial charge on any atom is -0.356 e. The van der Waals surface area contributed by atoms with Crippen LogP contribution in [0.15, 0.2) is 10.7 Å². The Bertz CT molecular complexity index is 404. The summed E-state index contributed by atoms with van der Waals surface area (Å²) < 4.78 is 0.890. The van der Waals surface area contributed by atoms with E-state index in [0.717, 1.165) is 29.3 Å². The van der Waals surface area contributed by atoms with Gasteiger partial charge in [0.2, 0.25) is 0 Å². The molecule has 2 heterocycles. The molecule has 1 aliphatic heterocycles. The first-order valence-corrected chi connectivity index (χ1v) is 7.56. The van der Waals surface area contributed by atoms with E-state index in [1.165, 1.54) is 25.7 Å². The zero-order valence-electron chi connectivity index (χ0n) is 11.5. The topological polar surface area (TPSA) is 29.0 Å². The van der Waals surface area contributed by atoms with Crippen LogP contribution in [0.2, 0.25) is 0 Å². The molecule has 0 N–H and O–H groups in total. The molecule has 3 nitrogen and oxygen atoms in total. The highest BCUT2D eigenvalue weighted by Crippen LogP contribution is 2.25. The Morgan fingerprint density at radius 3 is 2.22 bits per heavy atom. The molecule has 0 aliphatic carbocycles. The van der Waals surface area contributed by atoms with Crippen LogP contribution in [0.1, 0.15) is 52.3 Å². The van der Waals surface area contributed by atoms with E-state index in [1.54, 1.807) is 0 Å². The third-order valence-electron chi connectivity index (χ3n) is 3.28. The molecule has 0 bridgehead atoms. The highest BCUT2D eigenvalue weighted by atomic mass is 79.9. The number of hydrogen-bond acceptors (Lipinski definition) is 3. The summed E-state index contributed by atoms with van der Waals surface area (Å²) in [5.41, 5.74) is -0.00954. The van der Waals surface area contributed by atoms with Gasteiger partial charge < -0.3 is 4.90 Å². The van der Waals surface area contributed by atoms with Crippen molar-refractivity contribution >= 4 is 21.7 Å². The van der Waals surface area contributed by atoms with Crippen LogP contribution < -0.4 is 4.90 Å². The van der Waals surface area contributed by atoms with Crippen molar-refractivity contribution in [2.45, 2.75) is 51.9 Å². The Hall–Kier alpha value is -0.640. The lowest BCUT2D eigenvalue weighted by atomic mass is 9.96. The first-order valence-electron chi connectivity index (χ1n) is 6.77. The summed E-state index contributed by atoms with van der Waals surface area (Å²) >= 11 is 3.51. The molecule has 2 rings (SSSR count). The summed E-state index contributed by atoms with van der Waals surface area (Å²) in [5.74, 6) is 1.99. The molecule has 1 aromatic rings. The molecule has 100 valence electrons. The molecule has 0 aromatic carbocycles. The Morgan fingerprint density at radius 1 is 1.06 bits per heavy atom. The van der Waals surface area contributed by atoms with Gasteiger partial charge in [0.05, 0.1) is 0 Å². The molecular weight excluding hydrogens is 290 g/mol. The fourth-order valence-corrected chi connectivity index (χ4v) is 2.58.